The molecule has 30 heavy (non-hydrogen) atoms. The van der Waals surface area contributed by atoms with Gasteiger partial charge in [0.2, 0.25) is 0 Å². The van der Waals surface area contributed by atoms with Crippen molar-refractivity contribution in [2.75, 3.05) is 20.2 Å². The highest BCUT2D eigenvalue weighted by Crippen LogP contribution is 2.29. The summed E-state index contributed by atoms with van der Waals surface area (Å²) in [7, 11) is -1.98. The summed E-state index contributed by atoms with van der Waals surface area (Å²) < 4.78 is 33.2. The van der Waals surface area contributed by atoms with Gasteiger partial charge in [-0.05, 0) is 55.9 Å². The van der Waals surface area contributed by atoms with Crippen molar-refractivity contribution in [2.24, 2.45) is 0 Å². The Bertz CT molecular complexity index is 1190. The lowest BCUT2D eigenvalue weighted by Crippen LogP contribution is -2.21. The predicted octanol–water partition coefficient (Wildman–Crippen LogP) is 1.24. The van der Waals surface area contributed by atoms with Crippen LogP contribution in [0.3, 0.4) is 0 Å². The number of nitrogens with one attached hydrogen (secondary N) is 1. The molecule has 0 amide bonds. The van der Waals surface area contributed by atoms with E-state index in [0.29, 0.717) is 35.3 Å². The largest absolute Gasteiger partial charge is 0.486 e. The Labute approximate surface area is 173 Å². The minimum atomic E-state index is -3.83. The maximum absolute atomic E-state index is 13.3. The summed E-state index contributed by atoms with van der Waals surface area (Å²) in [5, 5.41) is 9.96. The second-order valence-electron chi connectivity index (χ2n) is 6.56. The first-order chi connectivity index (χ1) is 14.4. The van der Waals surface area contributed by atoms with E-state index in [1.54, 1.807) is 30.6 Å². The molecule has 1 aliphatic heterocycles. The maximum atomic E-state index is 13.3. The van der Waals surface area contributed by atoms with Gasteiger partial charge in [0.05, 0.1) is 15.9 Å². The third-order valence-electron chi connectivity index (χ3n) is 4.61. The average Bonchev–Trinajstić information content (AvgIpc) is 3.12. The molecule has 3 aromatic rings. The fourth-order valence-corrected chi connectivity index (χ4v) is 4.70. The standard InChI is InChI=1S/C19H19N3O4S.CH2O2/c1-20-8-6-13-11-22(17-3-2-7-21-19(13)17)27(24,25)16-4-5-18-14(10-16)9-15(23)12-26-18;2-1-3/h2-5,7,10-11,20H,6,8-9,12H2,1H3;1H,(H,2,3). The number of carboxylic acid groups (broad SMARTS) is 1. The number of hydrogen-bond donors (Lipinski definition) is 2. The topological polar surface area (TPSA) is 128 Å². The van der Waals surface area contributed by atoms with Crippen molar-refractivity contribution in [1.82, 2.24) is 14.3 Å². The summed E-state index contributed by atoms with van der Waals surface area (Å²) in [5.74, 6) is 0.490. The van der Waals surface area contributed by atoms with Gasteiger partial charge in [-0.15, -0.1) is 0 Å². The highest BCUT2D eigenvalue weighted by molar-refractivity contribution is 7.90. The van der Waals surface area contributed by atoms with Gasteiger partial charge < -0.3 is 15.2 Å². The average molecular weight is 431 g/mol. The first kappa shape index (κ1) is 21.5. The van der Waals surface area contributed by atoms with Crippen LogP contribution < -0.4 is 10.1 Å². The molecule has 0 bridgehead atoms. The summed E-state index contributed by atoms with van der Waals surface area (Å²) in [6.07, 6.45) is 4.13. The second kappa shape index (κ2) is 9.06. The minimum Gasteiger partial charge on any atom is -0.486 e. The monoisotopic (exact) mass is 431 g/mol. The Morgan fingerprint density at radius 3 is 2.83 bits per heavy atom. The van der Waals surface area contributed by atoms with E-state index in [1.807, 2.05) is 7.05 Å². The van der Waals surface area contributed by atoms with E-state index < -0.39 is 10.0 Å². The van der Waals surface area contributed by atoms with Crippen LogP contribution in [0.1, 0.15) is 11.1 Å². The van der Waals surface area contributed by atoms with Crippen LogP contribution in [0.15, 0.2) is 47.6 Å². The van der Waals surface area contributed by atoms with Crippen LogP contribution in [0.4, 0.5) is 0 Å². The summed E-state index contributed by atoms with van der Waals surface area (Å²) in [6, 6.07) is 8.11. The Hall–Kier alpha value is -3.24. The predicted molar refractivity (Wildman–Crippen MR) is 109 cm³/mol. The number of aromatic nitrogens is 2. The zero-order valence-electron chi connectivity index (χ0n) is 16.2. The van der Waals surface area contributed by atoms with Crippen molar-refractivity contribution >= 4 is 33.3 Å². The van der Waals surface area contributed by atoms with Crippen LogP contribution in [0.5, 0.6) is 5.75 Å². The summed E-state index contributed by atoms with van der Waals surface area (Å²) in [5.41, 5.74) is 2.67. The Balaban J connectivity index is 0.000000806. The first-order valence-electron chi connectivity index (χ1n) is 9.12. The number of carbonyl (C=O) groups is 2. The van der Waals surface area contributed by atoms with Crippen molar-refractivity contribution in [3.8, 4) is 5.75 Å². The highest BCUT2D eigenvalue weighted by atomic mass is 32.2. The lowest BCUT2D eigenvalue weighted by Gasteiger charge is -2.17. The van der Waals surface area contributed by atoms with E-state index in [9.17, 15) is 13.2 Å². The van der Waals surface area contributed by atoms with Gasteiger partial charge >= 0.3 is 0 Å². The Morgan fingerprint density at radius 2 is 2.10 bits per heavy atom. The molecule has 2 N–H and O–H groups in total. The molecule has 0 aliphatic carbocycles. The van der Waals surface area contributed by atoms with Crippen LogP contribution in [0.25, 0.3) is 11.0 Å². The van der Waals surface area contributed by atoms with E-state index in [4.69, 9.17) is 14.6 Å². The number of rotatable bonds is 5. The summed E-state index contributed by atoms with van der Waals surface area (Å²) >= 11 is 0. The third kappa shape index (κ3) is 4.19. The quantitative estimate of drug-likeness (QED) is 0.578. The lowest BCUT2D eigenvalue weighted by molar-refractivity contribution is -0.123. The number of pyridine rings is 1. The molecule has 3 heterocycles. The molecule has 1 aromatic carbocycles. The second-order valence-corrected chi connectivity index (χ2v) is 8.37. The Kier molecular flexibility index (Phi) is 6.48. The van der Waals surface area contributed by atoms with Crippen LogP contribution >= 0.6 is 0 Å². The normalized spacial score (nSPS) is 13.2. The van der Waals surface area contributed by atoms with Gasteiger partial charge in [-0.1, -0.05) is 0 Å². The zero-order valence-corrected chi connectivity index (χ0v) is 17.1. The van der Waals surface area contributed by atoms with E-state index in [2.05, 4.69) is 10.3 Å². The first-order valence-corrected chi connectivity index (χ1v) is 10.6. The number of ether oxygens (including phenoxy) is 1. The zero-order chi connectivity index (χ0) is 21.7. The number of likely N-dealkylation sites (N-methyl/N-ethyl adjacent to an activating group) is 1. The van der Waals surface area contributed by atoms with Gasteiger partial charge in [-0.25, -0.2) is 12.4 Å². The number of hydrogen-bond acceptors (Lipinski definition) is 7. The van der Waals surface area contributed by atoms with Gasteiger partial charge in [-0.2, -0.15) is 0 Å². The molecular weight excluding hydrogens is 410 g/mol. The van der Waals surface area contributed by atoms with Gasteiger partial charge in [-0.3, -0.25) is 14.6 Å². The molecule has 0 atom stereocenters. The van der Waals surface area contributed by atoms with Gasteiger partial charge in [0, 0.05) is 24.4 Å². The van der Waals surface area contributed by atoms with Gasteiger partial charge in [0.1, 0.15) is 12.4 Å². The fraction of sp³-hybridized carbons (Fsp3) is 0.250. The van der Waals surface area contributed by atoms with Crippen LogP contribution in [-0.2, 0) is 32.5 Å². The number of benzene rings is 1. The molecule has 4 rings (SSSR count). The van der Waals surface area contributed by atoms with E-state index in [-0.39, 0.29) is 30.2 Å². The highest BCUT2D eigenvalue weighted by Gasteiger charge is 2.25. The van der Waals surface area contributed by atoms with Gasteiger partial charge in [0.15, 0.2) is 5.78 Å². The summed E-state index contributed by atoms with van der Waals surface area (Å²) in [6.45, 7) is 0.496. The smallest absolute Gasteiger partial charge is 0.290 e. The molecule has 0 radical (unpaired) electrons. The van der Waals surface area contributed by atoms with E-state index in [1.165, 1.54) is 16.1 Å². The molecule has 9 nitrogen and oxygen atoms in total. The number of ketones is 1. The molecule has 0 fully saturated rings. The minimum absolute atomic E-state index is 0.0296. The number of carbonyl (C=O) groups excluding carboxylic acids is 1. The van der Waals surface area contributed by atoms with Crippen molar-refractivity contribution in [3.63, 3.8) is 0 Å². The SMILES string of the molecule is CNCCc1cn(S(=O)(=O)c2ccc3c(c2)CC(=O)CO3)c2cccnc12.O=CO. The van der Waals surface area contributed by atoms with Crippen molar-refractivity contribution in [1.29, 1.82) is 0 Å². The van der Waals surface area contributed by atoms with Crippen molar-refractivity contribution in [3.05, 3.63) is 53.9 Å². The molecule has 0 unspecified atom stereocenters. The molecule has 0 saturated heterocycles. The molecule has 0 saturated carbocycles. The molecular formula is C20H21N3O6S. The van der Waals surface area contributed by atoms with Crippen molar-refractivity contribution in [2.45, 2.75) is 17.7 Å². The summed E-state index contributed by atoms with van der Waals surface area (Å²) in [4.78, 5) is 24.5. The van der Waals surface area contributed by atoms with Gasteiger partial charge in [0.25, 0.3) is 16.5 Å². The maximum Gasteiger partial charge on any atom is 0.290 e. The van der Waals surface area contributed by atoms with Crippen molar-refractivity contribution < 1.29 is 27.9 Å². The fourth-order valence-electron chi connectivity index (χ4n) is 3.27. The van der Waals surface area contributed by atoms with E-state index >= 15 is 0 Å². The Morgan fingerprint density at radius 1 is 1.33 bits per heavy atom. The molecule has 158 valence electrons. The molecule has 1 aliphatic rings. The van der Waals surface area contributed by atoms with Crippen LogP contribution in [-0.4, -0.2) is 54.9 Å². The van der Waals surface area contributed by atoms with Crippen LogP contribution in [0, 0.1) is 0 Å². The lowest BCUT2D eigenvalue weighted by atomic mass is 10.1. The third-order valence-corrected chi connectivity index (χ3v) is 6.28. The van der Waals surface area contributed by atoms with E-state index in [0.717, 1.165) is 5.56 Å². The molecule has 10 heteroatoms. The van der Waals surface area contributed by atoms with Crippen LogP contribution in [0.2, 0.25) is 0 Å². The molecule has 0 spiro atoms. The number of Topliss-reactive ketones (excluding diaryl/α,β-unsaturated/α-hetero) is 1. The number of nitrogens with zero attached hydrogens (tertiary/aromatic N) is 2. The number of fused-ring (bicyclic) bond motifs is 2. The molecule has 2 aromatic heterocycles.